The molecular formula is C13H15ClN4. The Kier molecular flexibility index (Phi) is 3.06. The number of aryl methyl sites for hydroxylation is 1. The van der Waals surface area contributed by atoms with Gasteiger partial charge in [0, 0.05) is 36.7 Å². The number of hydrogen-bond acceptors (Lipinski definition) is 3. The highest BCUT2D eigenvalue weighted by molar-refractivity contribution is 6.31. The van der Waals surface area contributed by atoms with Crippen molar-refractivity contribution in [3.63, 3.8) is 0 Å². The average molecular weight is 263 g/mol. The molecule has 3 rings (SSSR count). The first kappa shape index (κ1) is 11.7. The molecule has 1 aliphatic carbocycles. The minimum absolute atomic E-state index is 0.681. The summed E-state index contributed by atoms with van der Waals surface area (Å²) in [5.74, 6) is 0. The Morgan fingerprint density at radius 2 is 2.33 bits per heavy atom. The summed E-state index contributed by atoms with van der Waals surface area (Å²) in [6.45, 7) is 2.73. The summed E-state index contributed by atoms with van der Waals surface area (Å²) in [7, 11) is 0. The Hall–Kier alpha value is -1.39. The highest BCUT2D eigenvalue weighted by Gasteiger charge is 2.20. The van der Waals surface area contributed by atoms with Crippen LogP contribution in [0.15, 0.2) is 24.7 Å². The summed E-state index contributed by atoms with van der Waals surface area (Å²) >= 11 is 6.05. The SMILES string of the molecule is Cc1nn(-c2ccncc2CNC2CC2)cc1Cl. The maximum Gasteiger partial charge on any atom is 0.0819 e. The molecule has 1 N–H and O–H groups in total. The van der Waals surface area contributed by atoms with Crippen molar-refractivity contribution in [3.8, 4) is 5.69 Å². The molecule has 2 aromatic heterocycles. The average Bonchev–Trinajstić information content (AvgIpc) is 3.14. The van der Waals surface area contributed by atoms with E-state index in [2.05, 4.69) is 15.4 Å². The van der Waals surface area contributed by atoms with Crippen molar-refractivity contribution in [1.82, 2.24) is 20.1 Å². The van der Waals surface area contributed by atoms with Gasteiger partial charge in [-0.1, -0.05) is 11.6 Å². The normalized spacial score (nSPS) is 15.0. The summed E-state index contributed by atoms with van der Waals surface area (Å²) in [6, 6.07) is 2.65. The molecule has 2 aromatic rings. The Morgan fingerprint density at radius 3 is 3.00 bits per heavy atom. The largest absolute Gasteiger partial charge is 0.310 e. The number of hydrogen-bond donors (Lipinski definition) is 1. The Labute approximate surface area is 111 Å². The van der Waals surface area contributed by atoms with Gasteiger partial charge in [-0.25, -0.2) is 4.68 Å². The molecule has 1 aliphatic rings. The highest BCUT2D eigenvalue weighted by Crippen LogP contribution is 2.22. The van der Waals surface area contributed by atoms with Gasteiger partial charge in [0.2, 0.25) is 0 Å². The van der Waals surface area contributed by atoms with Crippen LogP contribution in [0.2, 0.25) is 5.02 Å². The Morgan fingerprint density at radius 1 is 1.50 bits per heavy atom. The quantitative estimate of drug-likeness (QED) is 0.921. The minimum atomic E-state index is 0.681. The molecule has 4 nitrogen and oxygen atoms in total. The molecule has 0 amide bonds. The topological polar surface area (TPSA) is 42.7 Å². The fourth-order valence-corrected chi connectivity index (χ4v) is 2.01. The van der Waals surface area contributed by atoms with Crippen LogP contribution in [0.4, 0.5) is 0 Å². The molecule has 0 aliphatic heterocycles. The molecule has 0 radical (unpaired) electrons. The first-order chi connectivity index (χ1) is 8.74. The van der Waals surface area contributed by atoms with Crippen LogP contribution in [-0.2, 0) is 6.54 Å². The van der Waals surface area contributed by atoms with Crippen LogP contribution in [0.3, 0.4) is 0 Å². The Balaban J connectivity index is 1.89. The van der Waals surface area contributed by atoms with Crippen molar-refractivity contribution < 1.29 is 0 Å². The van der Waals surface area contributed by atoms with Crippen LogP contribution >= 0.6 is 11.6 Å². The van der Waals surface area contributed by atoms with E-state index in [1.165, 1.54) is 12.8 Å². The number of rotatable bonds is 4. The van der Waals surface area contributed by atoms with E-state index in [1.54, 1.807) is 6.20 Å². The van der Waals surface area contributed by atoms with Crippen LogP contribution in [0.1, 0.15) is 24.1 Å². The molecule has 94 valence electrons. The third-order valence-corrected chi connectivity index (χ3v) is 3.49. The summed E-state index contributed by atoms with van der Waals surface area (Å²) in [6.07, 6.45) is 8.06. The standard InChI is InChI=1S/C13H15ClN4/c1-9-12(14)8-18(17-9)13-4-5-15-6-10(13)7-16-11-2-3-11/h4-6,8,11,16H,2-3,7H2,1H3. The van der Waals surface area contributed by atoms with Gasteiger partial charge in [-0.3, -0.25) is 4.98 Å². The zero-order valence-corrected chi connectivity index (χ0v) is 11.0. The molecule has 0 bridgehead atoms. The number of nitrogens with one attached hydrogen (secondary N) is 1. The van der Waals surface area contributed by atoms with Crippen molar-refractivity contribution in [2.45, 2.75) is 32.4 Å². The summed E-state index contributed by atoms with van der Waals surface area (Å²) in [5, 5.41) is 8.59. The molecule has 2 heterocycles. The number of pyridine rings is 1. The molecule has 1 saturated carbocycles. The fourth-order valence-electron chi connectivity index (χ4n) is 1.88. The van der Waals surface area contributed by atoms with Gasteiger partial charge in [-0.15, -0.1) is 0 Å². The molecule has 18 heavy (non-hydrogen) atoms. The van der Waals surface area contributed by atoms with Crippen LogP contribution in [0, 0.1) is 6.92 Å². The zero-order chi connectivity index (χ0) is 12.5. The fraction of sp³-hybridized carbons (Fsp3) is 0.385. The predicted molar refractivity (Wildman–Crippen MR) is 71.0 cm³/mol. The van der Waals surface area contributed by atoms with Crippen LogP contribution in [-0.4, -0.2) is 20.8 Å². The van der Waals surface area contributed by atoms with Gasteiger partial charge < -0.3 is 5.32 Å². The van der Waals surface area contributed by atoms with Crippen molar-refractivity contribution in [1.29, 1.82) is 0 Å². The second-order valence-corrected chi connectivity index (χ2v) is 5.07. The molecule has 0 saturated heterocycles. The van der Waals surface area contributed by atoms with E-state index in [9.17, 15) is 0 Å². The smallest absolute Gasteiger partial charge is 0.0819 e. The second kappa shape index (κ2) is 4.71. The molecular weight excluding hydrogens is 248 g/mol. The number of aromatic nitrogens is 3. The van der Waals surface area contributed by atoms with E-state index >= 15 is 0 Å². The monoisotopic (exact) mass is 262 g/mol. The van der Waals surface area contributed by atoms with Crippen molar-refractivity contribution in [2.75, 3.05) is 0 Å². The maximum absolute atomic E-state index is 6.05. The molecule has 0 aromatic carbocycles. The van der Waals surface area contributed by atoms with Crippen molar-refractivity contribution in [3.05, 3.63) is 40.9 Å². The van der Waals surface area contributed by atoms with Crippen molar-refractivity contribution in [2.24, 2.45) is 0 Å². The van der Waals surface area contributed by atoms with Gasteiger partial charge in [-0.2, -0.15) is 5.10 Å². The predicted octanol–water partition coefficient (Wildman–Crippen LogP) is 2.48. The highest BCUT2D eigenvalue weighted by atomic mass is 35.5. The lowest BCUT2D eigenvalue weighted by Gasteiger charge is -2.09. The van der Waals surface area contributed by atoms with E-state index in [4.69, 9.17) is 11.6 Å². The number of nitrogens with zero attached hydrogens (tertiary/aromatic N) is 3. The summed E-state index contributed by atoms with van der Waals surface area (Å²) in [5.41, 5.74) is 3.02. The Bertz CT molecular complexity index is 540. The first-order valence-corrected chi connectivity index (χ1v) is 6.50. The van der Waals surface area contributed by atoms with Gasteiger partial charge in [0.1, 0.15) is 0 Å². The van der Waals surface area contributed by atoms with Gasteiger partial charge >= 0.3 is 0 Å². The molecule has 0 unspecified atom stereocenters. The third-order valence-electron chi connectivity index (χ3n) is 3.12. The zero-order valence-electron chi connectivity index (χ0n) is 10.2. The van der Waals surface area contributed by atoms with Crippen LogP contribution in [0.25, 0.3) is 5.69 Å². The lowest BCUT2D eigenvalue weighted by Crippen LogP contribution is -2.17. The summed E-state index contributed by atoms with van der Waals surface area (Å²) < 4.78 is 1.82. The third kappa shape index (κ3) is 2.40. The van der Waals surface area contributed by atoms with E-state index in [0.717, 1.165) is 23.5 Å². The molecule has 0 atom stereocenters. The van der Waals surface area contributed by atoms with Gasteiger partial charge in [-0.05, 0) is 25.8 Å². The van der Waals surface area contributed by atoms with Crippen LogP contribution in [0.5, 0.6) is 0 Å². The lowest BCUT2D eigenvalue weighted by atomic mass is 10.2. The van der Waals surface area contributed by atoms with Crippen molar-refractivity contribution >= 4 is 11.6 Å². The molecule has 1 fully saturated rings. The minimum Gasteiger partial charge on any atom is -0.310 e. The van der Waals surface area contributed by atoms with E-state index in [0.29, 0.717) is 11.1 Å². The molecule has 5 heteroatoms. The van der Waals surface area contributed by atoms with E-state index in [1.807, 2.05) is 30.1 Å². The summed E-state index contributed by atoms with van der Waals surface area (Å²) in [4.78, 5) is 4.18. The van der Waals surface area contributed by atoms with E-state index < -0.39 is 0 Å². The van der Waals surface area contributed by atoms with Gasteiger partial charge in [0.25, 0.3) is 0 Å². The lowest BCUT2D eigenvalue weighted by molar-refractivity contribution is 0.678. The molecule has 0 spiro atoms. The van der Waals surface area contributed by atoms with E-state index in [-0.39, 0.29) is 0 Å². The van der Waals surface area contributed by atoms with Gasteiger partial charge in [0.05, 0.1) is 16.4 Å². The maximum atomic E-state index is 6.05. The van der Waals surface area contributed by atoms with Crippen LogP contribution < -0.4 is 5.32 Å². The first-order valence-electron chi connectivity index (χ1n) is 6.12. The number of halogens is 1. The second-order valence-electron chi connectivity index (χ2n) is 4.67. The van der Waals surface area contributed by atoms with Gasteiger partial charge in [0.15, 0.2) is 0 Å².